The molecule has 3 N–H and O–H groups in total. The van der Waals surface area contributed by atoms with E-state index in [1.165, 1.54) is 11.1 Å². The van der Waals surface area contributed by atoms with Crippen LogP contribution in [0.15, 0.2) is 48.5 Å². The highest BCUT2D eigenvalue weighted by atomic mass is 16.5. The molecule has 0 saturated heterocycles. The highest BCUT2D eigenvalue weighted by Crippen LogP contribution is 2.44. The van der Waals surface area contributed by atoms with Crippen LogP contribution in [0.2, 0.25) is 0 Å². The topological polar surface area (TPSA) is 105 Å². The van der Waals surface area contributed by atoms with Crippen LogP contribution in [0.5, 0.6) is 0 Å². The number of rotatable bonds is 8. The lowest BCUT2D eigenvalue weighted by atomic mass is 9.85. The molecule has 7 nitrogen and oxygen atoms in total. The van der Waals surface area contributed by atoms with Crippen molar-refractivity contribution in [2.75, 3.05) is 6.61 Å². The van der Waals surface area contributed by atoms with Crippen molar-refractivity contribution in [3.63, 3.8) is 0 Å². The minimum atomic E-state index is -0.925. The molecule has 0 radical (unpaired) electrons. The zero-order valence-corrected chi connectivity index (χ0v) is 19.5. The molecule has 2 aromatic carbocycles. The van der Waals surface area contributed by atoms with E-state index in [4.69, 9.17) is 9.84 Å². The summed E-state index contributed by atoms with van der Waals surface area (Å²) >= 11 is 0. The largest absolute Gasteiger partial charge is 0.481 e. The predicted octanol–water partition coefficient (Wildman–Crippen LogP) is 4.45. The number of hydrogen-bond donors (Lipinski definition) is 3. The molecule has 0 aromatic heterocycles. The van der Waals surface area contributed by atoms with Gasteiger partial charge in [-0.2, -0.15) is 0 Å². The van der Waals surface area contributed by atoms with Crippen molar-refractivity contribution in [3.05, 3.63) is 59.7 Å². The number of benzene rings is 2. The third-order valence-corrected chi connectivity index (χ3v) is 6.97. The van der Waals surface area contributed by atoms with Crippen LogP contribution in [0, 0.1) is 5.92 Å². The van der Waals surface area contributed by atoms with Crippen LogP contribution >= 0.6 is 0 Å². The Hall–Kier alpha value is -3.35. The summed E-state index contributed by atoms with van der Waals surface area (Å²) in [5.41, 5.74) is 4.69. The number of hydrogen-bond acceptors (Lipinski definition) is 4. The van der Waals surface area contributed by atoms with Gasteiger partial charge in [0.2, 0.25) is 5.91 Å². The predicted molar refractivity (Wildman–Crippen MR) is 128 cm³/mol. The molecule has 7 heteroatoms. The third-order valence-electron chi connectivity index (χ3n) is 6.97. The summed E-state index contributed by atoms with van der Waals surface area (Å²) in [6.07, 6.45) is 2.88. The van der Waals surface area contributed by atoms with Crippen LogP contribution in [0.25, 0.3) is 11.1 Å². The molecule has 0 spiro atoms. The molecule has 2 amide bonds. The van der Waals surface area contributed by atoms with Crippen LogP contribution in [-0.2, 0) is 14.3 Å². The first kappa shape index (κ1) is 23.8. The molecule has 4 rings (SSSR count). The number of carbonyl (C=O) groups is 3. The normalized spacial score (nSPS) is 20.0. The number of amides is 2. The first-order valence-corrected chi connectivity index (χ1v) is 12.1. The standard InChI is InChI=1S/C27H32N2O5/c1-2-18(15-25(30)31)28-26(32)17-8-7-9-19(14-17)29-27(33)34-16-24-22-12-5-3-10-20(22)21-11-4-6-13-23(21)24/h3-6,10-13,17-19,24H,2,7-9,14-16H2,1H3,(H,28,32)(H,29,33)(H,30,31). The summed E-state index contributed by atoms with van der Waals surface area (Å²) in [5.74, 6) is -1.29. The summed E-state index contributed by atoms with van der Waals surface area (Å²) in [4.78, 5) is 36.3. The fraction of sp³-hybridized carbons (Fsp3) is 0.444. The SMILES string of the molecule is CCC(CC(=O)O)NC(=O)C1CCCC(NC(=O)OCC2c3ccccc3-c3ccccc32)C1. The Labute approximate surface area is 199 Å². The van der Waals surface area contributed by atoms with Crippen LogP contribution in [-0.4, -0.2) is 41.8 Å². The number of alkyl carbamates (subject to hydrolysis) is 1. The van der Waals surface area contributed by atoms with Crippen LogP contribution in [0.1, 0.15) is 62.5 Å². The summed E-state index contributed by atoms with van der Waals surface area (Å²) in [6.45, 7) is 2.11. The maximum absolute atomic E-state index is 12.7. The molecule has 0 aliphatic heterocycles. The minimum Gasteiger partial charge on any atom is -0.481 e. The van der Waals surface area contributed by atoms with Gasteiger partial charge in [-0.25, -0.2) is 4.79 Å². The van der Waals surface area contributed by atoms with E-state index >= 15 is 0 Å². The van der Waals surface area contributed by atoms with Crippen LogP contribution < -0.4 is 10.6 Å². The molecule has 1 saturated carbocycles. The number of carbonyl (C=O) groups excluding carboxylic acids is 2. The lowest BCUT2D eigenvalue weighted by Gasteiger charge is -2.30. The molecule has 0 bridgehead atoms. The molecular formula is C27H32N2O5. The first-order chi connectivity index (χ1) is 16.5. The van der Waals surface area contributed by atoms with Gasteiger partial charge in [0.15, 0.2) is 0 Å². The van der Waals surface area contributed by atoms with Gasteiger partial charge in [-0.1, -0.05) is 61.9 Å². The summed E-state index contributed by atoms with van der Waals surface area (Å²) in [6, 6.07) is 15.9. The number of aliphatic carboxylic acids is 1. The maximum Gasteiger partial charge on any atom is 0.407 e. The van der Waals surface area contributed by atoms with Crippen molar-refractivity contribution >= 4 is 18.0 Å². The summed E-state index contributed by atoms with van der Waals surface area (Å²) < 4.78 is 5.65. The number of nitrogens with one attached hydrogen (secondary N) is 2. The lowest BCUT2D eigenvalue weighted by molar-refractivity contribution is -0.138. The average Bonchev–Trinajstić information content (AvgIpc) is 3.16. The Morgan fingerprint density at radius 3 is 2.29 bits per heavy atom. The summed E-state index contributed by atoms with van der Waals surface area (Å²) in [7, 11) is 0. The Kier molecular flexibility index (Phi) is 7.50. The molecule has 2 aliphatic carbocycles. The maximum atomic E-state index is 12.7. The van der Waals surface area contributed by atoms with Gasteiger partial charge >= 0.3 is 12.1 Å². The fourth-order valence-corrected chi connectivity index (χ4v) is 5.19. The third kappa shape index (κ3) is 5.41. The van der Waals surface area contributed by atoms with Gasteiger partial charge in [-0.3, -0.25) is 9.59 Å². The van der Waals surface area contributed by atoms with E-state index in [9.17, 15) is 14.4 Å². The van der Waals surface area contributed by atoms with Crippen molar-refractivity contribution in [1.29, 1.82) is 0 Å². The molecular weight excluding hydrogens is 432 g/mol. The molecule has 2 aromatic rings. The average molecular weight is 465 g/mol. The molecule has 3 unspecified atom stereocenters. The van der Waals surface area contributed by atoms with Crippen molar-refractivity contribution in [3.8, 4) is 11.1 Å². The van der Waals surface area contributed by atoms with Gasteiger partial charge < -0.3 is 20.5 Å². The Morgan fingerprint density at radius 2 is 1.68 bits per heavy atom. The quantitative estimate of drug-likeness (QED) is 0.535. The molecule has 34 heavy (non-hydrogen) atoms. The number of fused-ring (bicyclic) bond motifs is 3. The van der Waals surface area contributed by atoms with Crippen molar-refractivity contribution in [1.82, 2.24) is 10.6 Å². The molecule has 1 fully saturated rings. The zero-order chi connectivity index (χ0) is 24.1. The van der Waals surface area contributed by atoms with Gasteiger partial charge in [0.25, 0.3) is 0 Å². The van der Waals surface area contributed by atoms with E-state index in [0.29, 0.717) is 12.8 Å². The van der Waals surface area contributed by atoms with Crippen molar-refractivity contribution in [2.24, 2.45) is 5.92 Å². The minimum absolute atomic E-state index is 0.00300. The van der Waals surface area contributed by atoms with Crippen LogP contribution in [0.3, 0.4) is 0 Å². The van der Waals surface area contributed by atoms with Crippen molar-refractivity contribution < 1.29 is 24.2 Å². The Bertz CT molecular complexity index is 1010. The monoisotopic (exact) mass is 464 g/mol. The zero-order valence-electron chi connectivity index (χ0n) is 19.5. The molecule has 2 aliphatic rings. The lowest BCUT2D eigenvalue weighted by Crippen LogP contribution is -2.45. The summed E-state index contributed by atoms with van der Waals surface area (Å²) in [5, 5.41) is 14.8. The number of carboxylic acids is 1. The van der Waals surface area contributed by atoms with Gasteiger partial charge in [0.05, 0.1) is 6.42 Å². The second-order valence-electron chi connectivity index (χ2n) is 9.24. The van der Waals surface area contributed by atoms with E-state index in [-0.39, 0.29) is 42.9 Å². The van der Waals surface area contributed by atoms with Crippen molar-refractivity contribution in [2.45, 2.75) is 63.5 Å². The Morgan fingerprint density at radius 1 is 1.03 bits per heavy atom. The van der Waals surface area contributed by atoms with E-state index in [0.717, 1.165) is 30.4 Å². The molecule has 3 atom stereocenters. The van der Waals surface area contributed by atoms with Gasteiger partial charge in [0.1, 0.15) is 6.61 Å². The number of ether oxygens (including phenoxy) is 1. The van der Waals surface area contributed by atoms with Crippen LogP contribution in [0.4, 0.5) is 4.79 Å². The van der Waals surface area contributed by atoms with E-state index in [2.05, 4.69) is 34.9 Å². The number of carboxylic acid groups (broad SMARTS) is 1. The Balaban J connectivity index is 1.31. The highest BCUT2D eigenvalue weighted by molar-refractivity contribution is 5.80. The van der Waals surface area contributed by atoms with E-state index < -0.39 is 12.1 Å². The fourth-order valence-electron chi connectivity index (χ4n) is 5.19. The van der Waals surface area contributed by atoms with E-state index in [1.807, 2.05) is 31.2 Å². The second kappa shape index (κ2) is 10.7. The van der Waals surface area contributed by atoms with E-state index in [1.54, 1.807) is 0 Å². The molecule has 180 valence electrons. The van der Waals surface area contributed by atoms with Gasteiger partial charge in [-0.05, 0) is 47.9 Å². The highest BCUT2D eigenvalue weighted by Gasteiger charge is 2.31. The van der Waals surface area contributed by atoms with Gasteiger partial charge in [0, 0.05) is 23.9 Å². The smallest absolute Gasteiger partial charge is 0.407 e. The van der Waals surface area contributed by atoms with Gasteiger partial charge in [-0.15, -0.1) is 0 Å². The first-order valence-electron chi connectivity index (χ1n) is 12.1. The second-order valence-corrected chi connectivity index (χ2v) is 9.24. The molecule has 0 heterocycles.